The van der Waals surface area contributed by atoms with E-state index in [0.29, 0.717) is 48.8 Å². The Balaban J connectivity index is 1.42. The Morgan fingerprint density at radius 1 is 0.949 bits per heavy atom. The van der Waals surface area contributed by atoms with E-state index in [0.717, 1.165) is 31.2 Å². The van der Waals surface area contributed by atoms with Crippen molar-refractivity contribution in [3.8, 4) is 0 Å². The fourth-order valence-electron chi connectivity index (χ4n) is 3.80. The fraction of sp³-hybridized carbons (Fsp3) is 0.357. The number of nitrogens with two attached hydrogens (primary N) is 1. The van der Waals surface area contributed by atoms with Crippen LogP contribution >= 0.6 is 0 Å². The minimum Gasteiger partial charge on any atom is -0.387 e. The van der Waals surface area contributed by atoms with Crippen LogP contribution in [0.4, 0.5) is 22.0 Å². The molecular weight excluding hydrogens is 516 g/mol. The third-order valence-corrected chi connectivity index (χ3v) is 7.46. The molecule has 1 unspecified atom stereocenters. The molecule has 0 aliphatic carbocycles. The number of carbonyl (C=O) groups is 1. The van der Waals surface area contributed by atoms with Crippen molar-refractivity contribution in [2.75, 3.05) is 35.4 Å². The third-order valence-electron chi connectivity index (χ3n) is 6.07. The van der Waals surface area contributed by atoms with Gasteiger partial charge in [0.25, 0.3) is 10.0 Å². The van der Waals surface area contributed by atoms with Gasteiger partial charge in [-0.2, -0.15) is 0 Å². The Morgan fingerprint density at radius 2 is 1.67 bits per heavy atom. The minimum absolute atomic E-state index is 0.0937. The van der Waals surface area contributed by atoms with Gasteiger partial charge in [-0.3, -0.25) is 4.72 Å². The average Bonchev–Trinajstić information content (AvgIpc) is 2.92. The maximum Gasteiger partial charge on any atom is 0.319 e. The van der Waals surface area contributed by atoms with Crippen molar-refractivity contribution in [3.63, 3.8) is 0 Å². The molecule has 1 aromatic heterocycles. The number of hydrogen-bond acceptors (Lipinski definition) is 7. The van der Waals surface area contributed by atoms with Gasteiger partial charge < -0.3 is 26.8 Å². The number of sulfonamides is 1. The van der Waals surface area contributed by atoms with Crippen LogP contribution in [0.15, 0.2) is 71.8 Å². The molecular formula is C28H38N6O4S. The van der Waals surface area contributed by atoms with Crippen LogP contribution in [0, 0.1) is 0 Å². The minimum atomic E-state index is -3.79. The summed E-state index contributed by atoms with van der Waals surface area (Å²) in [5, 5.41) is 18.9. The Labute approximate surface area is 230 Å². The van der Waals surface area contributed by atoms with Gasteiger partial charge in [-0.15, -0.1) is 0 Å². The van der Waals surface area contributed by atoms with E-state index in [1.54, 1.807) is 42.6 Å². The van der Waals surface area contributed by atoms with Crippen molar-refractivity contribution < 1.29 is 18.3 Å². The lowest BCUT2D eigenvalue weighted by Gasteiger charge is -2.12. The smallest absolute Gasteiger partial charge is 0.319 e. The number of anilines is 3. The normalized spacial score (nSPS) is 12.1. The summed E-state index contributed by atoms with van der Waals surface area (Å²) in [6.07, 6.45) is 5.87. The zero-order valence-electron chi connectivity index (χ0n) is 22.2. The Hall–Kier alpha value is -3.67. The number of benzene rings is 2. The van der Waals surface area contributed by atoms with E-state index in [4.69, 9.17) is 5.73 Å². The molecule has 7 N–H and O–H groups in total. The second-order valence-corrected chi connectivity index (χ2v) is 10.9. The van der Waals surface area contributed by atoms with Crippen molar-refractivity contribution in [1.29, 1.82) is 0 Å². The number of nitrogens with zero attached hydrogens (tertiary/aromatic N) is 1. The summed E-state index contributed by atoms with van der Waals surface area (Å²) in [6, 6.07) is 16.2. The highest BCUT2D eigenvalue weighted by atomic mass is 32.2. The largest absolute Gasteiger partial charge is 0.387 e. The first-order chi connectivity index (χ1) is 18.8. The van der Waals surface area contributed by atoms with Crippen LogP contribution in [0.2, 0.25) is 0 Å². The van der Waals surface area contributed by atoms with Gasteiger partial charge >= 0.3 is 6.03 Å². The number of nitrogens with one attached hydrogen (secondary N) is 4. The summed E-state index contributed by atoms with van der Waals surface area (Å²) < 4.78 is 28.2. The molecule has 0 bridgehead atoms. The summed E-state index contributed by atoms with van der Waals surface area (Å²) in [4.78, 5) is 16.1. The van der Waals surface area contributed by atoms with Gasteiger partial charge in [0, 0.05) is 36.2 Å². The number of aliphatic hydroxyl groups excluding tert-OH is 1. The Kier molecular flexibility index (Phi) is 11.5. The molecule has 1 atom stereocenters. The number of urea groups is 1. The standard InChI is InChI=1S/C28H38N6O4S/c1-2-3-4-5-17-31-28(36)33-23-11-13-25(14-12-23)39(37,38)34-24-9-6-21(7-10-24)16-18-30-20-26(35)22-8-15-27(29)32-19-22/h6-15,19,26,30,34-35H,2-5,16-18,20H2,1H3,(H2,29,32)(H2,31,33,36). The second kappa shape index (κ2) is 15.1. The number of aromatic nitrogens is 1. The highest BCUT2D eigenvalue weighted by Crippen LogP contribution is 2.19. The monoisotopic (exact) mass is 554 g/mol. The first-order valence-corrected chi connectivity index (χ1v) is 14.6. The summed E-state index contributed by atoms with van der Waals surface area (Å²) in [6.45, 7) is 3.75. The van der Waals surface area contributed by atoms with E-state index in [1.165, 1.54) is 12.1 Å². The highest BCUT2D eigenvalue weighted by Gasteiger charge is 2.14. The van der Waals surface area contributed by atoms with Gasteiger partial charge in [-0.1, -0.05) is 44.4 Å². The quantitative estimate of drug-likeness (QED) is 0.155. The number of aliphatic hydroxyl groups is 1. The second-order valence-electron chi connectivity index (χ2n) is 9.25. The highest BCUT2D eigenvalue weighted by molar-refractivity contribution is 7.92. The lowest BCUT2D eigenvalue weighted by atomic mass is 10.1. The molecule has 0 saturated heterocycles. The summed E-state index contributed by atoms with van der Waals surface area (Å²) in [5.41, 5.74) is 8.24. The number of rotatable bonds is 15. The summed E-state index contributed by atoms with van der Waals surface area (Å²) in [5.74, 6) is 0.407. The number of unbranched alkanes of at least 4 members (excludes halogenated alkanes) is 3. The van der Waals surface area contributed by atoms with E-state index in [1.807, 2.05) is 12.1 Å². The van der Waals surface area contributed by atoms with Crippen LogP contribution < -0.4 is 26.4 Å². The Morgan fingerprint density at radius 3 is 2.33 bits per heavy atom. The molecule has 11 heteroatoms. The van der Waals surface area contributed by atoms with Crippen LogP contribution in [-0.2, 0) is 16.4 Å². The fourth-order valence-corrected chi connectivity index (χ4v) is 4.86. The van der Waals surface area contributed by atoms with E-state index < -0.39 is 16.1 Å². The zero-order valence-corrected chi connectivity index (χ0v) is 23.0. The van der Waals surface area contributed by atoms with Crippen LogP contribution in [0.1, 0.15) is 49.8 Å². The lowest BCUT2D eigenvalue weighted by Crippen LogP contribution is -2.29. The molecule has 10 nitrogen and oxygen atoms in total. The van der Waals surface area contributed by atoms with Gasteiger partial charge in [-0.05, 0) is 67.4 Å². The first-order valence-electron chi connectivity index (χ1n) is 13.1. The van der Waals surface area contributed by atoms with Crippen molar-refractivity contribution in [3.05, 3.63) is 78.0 Å². The number of amides is 2. The van der Waals surface area contributed by atoms with Gasteiger partial charge in [0.05, 0.1) is 11.0 Å². The van der Waals surface area contributed by atoms with Crippen molar-refractivity contribution in [1.82, 2.24) is 15.6 Å². The van der Waals surface area contributed by atoms with E-state index in [-0.39, 0.29) is 10.9 Å². The van der Waals surface area contributed by atoms with Crippen LogP contribution in [-0.4, -0.2) is 44.2 Å². The molecule has 3 rings (SSSR count). The molecule has 2 amide bonds. The van der Waals surface area contributed by atoms with Gasteiger partial charge in [0.2, 0.25) is 0 Å². The molecule has 1 heterocycles. The van der Waals surface area contributed by atoms with Crippen LogP contribution in [0.5, 0.6) is 0 Å². The number of pyridine rings is 1. The van der Waals surface area contributed by atoms with E-state index >= 15 is 0 Å². The molecule has 0 spiro atoms. The Bertz CT molecular complexity index is 1270. The van der Waals surface area contributed by atoms with Crippen LogP contribution in [0.25, 0.3) is 0 Å². The maximum atomic E-state index is 12.8. The molecule has 39 heavy (non-hydrogen) atoms. The SMILES string of the molecule is CCCCCCNC(=O)Nc1ccc(S(=O)(=O)Nc2ccc(CCNCC(O)c3ccc(N)nc3)cc2)cc1. The molecule has 2 aromatic carbocycles. The number of carbonyl (C=O) groups excluding carboxylic acids is 1. The van der Waals surface area contributed by atoms with E-state index in [2.05, 4.69) is 32.6 Å². The van der Waals surface area contributed by atoms with Crippen molar-refractivity contribution >= 4 is 33.2 Å². The van der Waals surface area contributed by atoms with E-state index in [9.17, 15) is 18.3 Å². The third kappa shape index (κ3) is 10.2. The molecule has 0 aliphatic heterocycles. The molecule has 0 aliphatic rings. The topological polar surface area (TPSA) is 158 Å². The van der Waals surface area contributed by atoms with Crippen molar-refractivity contribution in [2.45, 2.75) is 50.0 Å². The predicted molar refractivity (Wildman–Crippen MR) is 155 cm³/mol. The molecule has 0 saturated carbocycles. The molecule has 0 fully saturated rings. The predicted octanol–water partition coefficient (Wildman–Crippen LogP) is 4.03. The molecule has 210 valence electrons. The summed E-state index contributed by atoms with van der Waals surface area (Å²) in [7, 11) is -3.79. The zero-order chi connectivity index (χ0) is 28.1. The number of hydrogen-bond donors (Lipinski definition) is 6. The van der Waals surface area contributed by atoms with Gasteiger partial charge in [-0.25, -0.2) is 18.2 Å². The van der Waals surface area contributed by atoms with Gasteiger partial charge in [0.1, 0.15) is 5.82 Å². The van der Waals surface area contributed by atoms with Crippen molar-refractivity contribution in [2.24, 2.45) is 0 Å². The average molecular weight is 555 g/mol. The number of nitrogen functional groups attached to an aromatic ring is 1. The summed E-state index contributed by atoms with van der Waals surface area (Å²) >= 11 is 0. The van der Waals surface area contributed by atoms with Gasteiger partial charge in [0.15, 0.2) is 0 Å². The van der Waals surface area contributed by atoms with Crippen LogP contribution in [0.3, 0.4) is 0 Å². The lowest BCUT2D eigenvalue weighted by molar-refractivity contribution is 0.175. The molecule has 0 radical (unpaired) electrons. The molecule has 3 aromatic rings. The maximum absolute atomic E-state index is 12.8. The first kappa shape index (κ1) is 29.9.